The maximum Gasteiger partial charge on any atom is 0.0795 e. The number of nitrogens with two attached hydrogens (primary N) is 2. The van der Waals surface area contributed by atoms with Crippen LogP contribution in [0, 0.1) is 0 Å². The van der Waals surface area contributed by atoms with Crippen LogP contribution < -0.4 is 11.5 Å². The highest BCUT2D eigenvalue weighted by Crippen LogP contribution is 2.18. The van der Waals surface area contributed by atoms with Gasteiger partial charge in [-0.2, -0.15) is 0 Å². The number of aliphatic imine (C=N–C) groups is 1. The maximum absolute atomic E-state index is 6.20. The molecule has 4 N–H and O–H groups in total. The molecule has 1 unspecified atom stereocenters. The minimum absolute atomic E-state index is 0.532. The Hall–Kier alpha value is -1.68. The van der Waals surface area contributed by atoms with E-state index in [1.165, 1.54) is 0 Å². The molecule has 1 aliphatic heterocycles. The van der Waals surface area contributed by atoms with Crippen molar-refractivity contribution in [2.24, 2.45) is 16.5 Å². The summed E-state index contributed by atoms with van der Waals surface area (Å²) in [5.41, 5.74) is 13.3. The van der Waals surface area contributed by atoms with E-state index >= 15 is 0 Å². The van der Waals surface area contributed by atoms with Gasteiger partial charge in [0, 0.05) is 24.3 Å². The van der Waals surface area contributed by atoms with Crippen molar-refractivity contribution in [1.29, 1.82) is 0 Å². The first-order valence-corrected chi connectivity index (χ1v) is 4.84. The molecule has 0 radical (unpaired) electrons. The first kappa shape index (κ1) is 9.86. The van der Waals surface area contributed by atoms with Crippen LogP contribution in [0.4, 0.5) is 0 Å². The summed E-state index contributed by atoms with van der Waals surface area (Å²) in [7, 11) is 0. The lowest BCUT2D eigenvalue weighted by molar-refractivity contribution is 0.497. The number of rotatable bonds is 2. The van der Waals surface area contributed by atoms with Crippen molar-refractivity contribution in [1.82, 2.24) is 4.98 Å². The lowest BCUT2D eigenvalue weighted by Gasteiger charge is -2.30. The number of allylic oxidation sites excluding steroid dienone is 1. The summed E-state index contributed by atoms with van der Waals surface area (Å²) in [4.78, 5) is 8.20. The average Bonchev–Trinajstić information content (AvgIpc) is 2.24. The number of dihydropyridines is 1. The van der Waals surface area contributed by atoms with Gasteiger partial charge >= 0.3 is 0 Å². The van der Waals surface area contributed by atoms with E-state index in [4.69, 9.17) is 11.5 Å². The predicted molar refractivity (Wildman–Crippen MR) is 60.5 cm³/mol. The molecule has 0 bridgehead atoms. The molecule has 1 atom stereocenters. The third kappa shape index (κ3) is 2.05. The molecular weight excluding hydrogens is 188 g/mol. The van der Waals surface area contributed by atoms with Gasteiger partial charge in [0.1, 0.15) is 0 Å². The fraction of sp³-hybridized carbons (Fsp3) is 0.273. The van der Waals surface area contributed by atoms with E-state index in [2.05, 4.69) is 9.98 Å². The van der Waals surface area contributed by atoms with Gasteiger partial charge in [0.25, 0.3) is 0 Å². The van der Waals surface area contributed by atoms with Gasteiger partial charge < -0.3 is 11.5 Å². The van der Waals surface area contributed by atoms with Crippen LogP contribution in [0.3, 0.4) is 0 Å². The van der Waals surface area contributed by atoms with Gasteiger partial charge in [-0.05, 0) is 24.1 Å². The van der Waals surface area contributed by atoms with Crippen LogP contribution in [0.15, 0.2) is 41.3 Å². The molecule has 2 rings (SSSR count). The highest BCUT2D eigenvalue weighted by Gasteiger charge is 2.29. The van der Waals surface area contributed by atoms with E-state index in [1.807, 2.05) is 12.1 Å². The Morgan fingerprint density at radius 1 is 1.47 bits per heavy atom. The second-order valence-electron chi connectivity index (χ2n) is 3.81. The maximum atomic E-state index is 6.20. The van der Waals surface area contributed by atoms with Gasteiger partial charge in [-0.1, -0.05) is 6.07 Å². The van der Waals surface area contributed by atoms with Crippen molar-refractivity contribution < 1.29 is 0 Å². The molecule has 0 spiro atoms. The van der Waals surface area contributed by atoms with Crippen LogP contribution >= 0.6 is 0 Å². The van der Waals surface area contributed by atoms with Gasteiger partial charge in [-0.25, -0.2) is 0 Å². The Morgan fingerprint density at radius 2 is 2.33 bits per heavy atom. The third-order valence-corrected chi connectivity index (χ3v) is 2.55. The second-order valence-corrected chi connectivity index (χ2v) is 3.81. The molecule has 2 heterocycles. The highest BCUT2D eigenvalue weighted by atomic mass is 14.9. The Kier molecular flexibility index (Phi) is 2.51. The molecule has 4 heteroatoms. The number of nitrogens with zero attached hydrogens (tertiary/aromatic N) is 2. The predicted octanol–water partition coefficient (Wildman–Crippen LogP) is 0.249. The molecule has 0 saturated carbocycles. The summed E-state index contributed by atoms with van der Waals surface area (Å²) in [5.74, 6) is 0. The highest BCUT2D eigenvalue weighted by molar-refractivity contribution is 5.74. The van der Waals surface area contributed by atoms with Crippen molar-refractivity contribution in [2.75, 3.05) is 6.54 Å². The number of hydrogen-bond donors (Lipinski definition) is 2. The first-order valence-electron chi connectivity index (χ1n) is 4.84. The summed E-state index contributed by atoms with van der Waals surface area (Å²) in [5, 5.41) is 0. The Morgan fingerprint density at radius 3 is 3.00 bits per heavy atom. The average molecular weight is 202 g/mol. The van der Waals surface area contributed by atoms with Crippen LogP contribution in [0.1, 0.15) is 5.56 Å². The van der Waals surface area contributed by atoms with Gasteiger partial charge in [0.05, 0.1) is 12.1 Å². The SMILES string of the molecule is NC1=CC=NCC1(N)Cc1cccnc1. The molecule has 1 aromatic rings. The van der Waals surface area contributed by atoms with E-state index in [-0.39, 0.29) is 0 Å². The van der Waals surface area contributed by atoms with Crippen molar-refractivity contribution in [3.63, 3.8) is 0 Å². The van der Waals surface area contributed by atoms with Crippen molar-refractivity contribution in [2.45, 2.75) is 12.0 Å². The molecule has 0 aliphatic carbocycles. The number of hydrogen-bond acceptors (Lipinski definition) is 4. The largest absolute Gasteiger partial charge is 0.400 e. The monoisotopic (exact) mass is 202 g/mol. The summed E-state index contributed by atoms with van der Waals surface area (Å²) < 4.78 is 0. The second kappa shape index (κ2) is 3.82. The molecule has 4 nitrogen and oxygen atoms in total. The molecule has 1 aromatic heterocycles. The smallest absolute Gasteiger partial charge is 0.0795 e. The summed E-state index contributed by atoms with van der Waals surface area (Å²) in [6.45, 7) is 0.532. The Labute approximate surface area is 88.7 Å². The zero-order chi connectivity index (χ0) is 10.7. The summed E-state index contributed by atoms with van der Waals surface area (Å²) in [6.07, 6.45) is 7.68. The standard InChI is InChI=1S/C11H14N4/c12-10-3-5-15-8-11(10,13)6-9-2-1-4-14-7-9/h1-5,7H,6,8,12-13H2. The quantitative estimate of drug-likeness (QED) is 0.721. The fourth-order valence-electron chi connectivity index (χ4n) is 1.63. The van der Waals surface area contributed by atoms with E-state index in [9.17, 15) is 0 Å². The van der Waals surface area contributed by atoms with Gasteiger partial charge in [0.15, 0.2) is 0 Å². The van der Waals surface area contributed by atoms with E-state index in [0.29, 0.717) is 18.7 Å². The lowest BCUT2D eigenvalue weighted by atomic mass is 9.88. The topological polar surface area (TPSA) is 77.3 Å². The zero-order valence-corrected chi connectivity index (χ0v) is 8.43. The summed E-state index contributed by atoms with van der Waals surface area (Å²) in [6, 6.07) is 3.89. The minimum atomic E-state index is -0.558. The van der Waals surface area contributed by atoms with Crippen molar-refractivity contribution in [3.8, 4) is 0 Å². The third-order valence-electron chi connectivity index (χ3n) is 2.55. The molecular formula is C11H14N4. The van der Waals surface area contributed by atoms with Crippen LogP contribution in [0.2, 0.25) is 0 Å². The van der Waals surface area contributed by atoms with Gasteiger partial charge in [0.2, 0.25) is 0 Å². The molecule has 0 aromatic carbocycles. The van der Waals surface area contributed by atoms with E-state index < -0.39 is 5.54 Å². The van der Waals surface area contributed by atoms with Crippen molar-refractivity contribution in [3.05, 3.63) is 41.9 Å². The molecule has 0 amide bonds. The minimum Gasteiger partial charge on any atom is -0.400 e. The van der Waals surface area contributed by atoms with Crippen molar-refractivity contribution >= 4 is 6.21 Å². The van der Waals surface area contributed by atoms with Crippen LogP contribution in [0.5, 0.6) is 0 Å². The normalized spacial score (nSPS) is 25.0. The number of pyridine rings is 1. The molecule has 78 valence electrons. The molecule has 0 saturated heterocycles. The van der Waals surface area contributed by atoms with Crippen LogP contribution in [0.25, 0.3) is 0 Å². The van der Waals surface area contributed by atoms with E-state index in [0.717, 1.165) is 5.56 Å². The van der Waals surface area contributed by atoms with Crippen LogP contribution in [-0.4, -0.2) is 23.3 Å². The molecule has 1 aliphatic rings. The molecule has 0 fully saturated rings. The first-order chi connectivity index (χ1) is 7.21. The Balaban J connectivity index is 2.19. The number of aromatic nitrogens is 1. The van der Waals surface area contributed by atoms with E-state index in [1.54, 1.807) is 24.7 Å². The summed E-state index contributed by atoms with van der Waals surface area (Å²) >= 11 is 0. The van der Waals surface area contributed by atoms with Crippen LogP contribution in [-0.2, 0) is 6.42 Å². The Bertz CT molecular complexity index is 396. The lowest BCUT2D eigenvalue weighted by Crippen LogP contribution is -2.51. The fourth-order valence-corrected chi connectivity index (χ4v) is 1.63. The van der Waals surface area contributed by atoms with Gasteiger partial charge in [-0.3, -0.25) is 9.98 Å². The van der Waals surface area contributed by atoms with Gasteiger partial charge in [-0.15, -0.1) is 0 Å². The zero-order valence-electron chi connectivity index (χ0n) is 8.43. The molecule has 15 heavy (non-hydrogen) atoms.